The summed E-state index contributed by atoms with van der Waals surface area (Å²) in [4.78, 5) is 53.3. The molecule has 0 unspecified atom stereocenters. The molecular formula is C30H27ClN2O6S. The Morgan fingerprint density at radius 1 is 0.975 bits per heavy atom. The highest BCUT2D eigenvalue weighted by Gasteiger charge is 2.28. The number of nitrogens with one attached hydrogen (secondary N) is 1. The molecule has 1 aliphatic rings. The fourth-order valence-electron chi connectivity index (χ4n) is 5.05. The van der Waals surface area contributed by atoms with Crippen LogP contribution in [-0.2, 0) is 34.2 Å². The molecule has 0 fully saturated rings. The van der Waals surface area contributed by atoms with Gasteiger partial charge in [-0.25, -0.2) is 9.59 Å². The van der Waals surface area contributed by atoms with E-state index in [9.17, 15) is 19.2 Å². The first kappa shape index (κ1) is 27.6. The normalized spacial score (nSPS) is 12.6. The average molecular weight is 579 g/mol. The number of aryl methyl sites for hydroxylation is 1. The number of thiophene rings is 1. The highest BCUT2D eigenvalue weighted by Crippen LogP contribution is 2.38. The van der Waals surface area contributed by atoms with Crippen LogP contribution in [0.3, 0.4) is 0 Å². The zero-order valence-corrected chi connectivity index (χ0v) is 23.6. The van der Waals surface area contributed by atoms with Gasteiger partial charge in [0, 0.05) is 27.9 Å². The lowest BCUT2D eigenvalue weighted by molar-refractivity contribution is -0.119. The first-order valence-electron chi connectivity index (χ1n) is 13.0. The second-order valence-electron chi connectivity index (χ2n) is 9.40. The Labute approximate surface area is 239 Å². The molecule has 0 bridgehead atoms. The Bertz CT molecular complexity index is 1690. The number of hydrogen-bond acceptors (Lipinski definition) is 7. The Kier molecular flexibility index (Phi) is 8.04. The number of pyridine rings is 1. The van der Waals surface area contributed by atoms with Crippen LogP contribution in [0.5, 0.6) is 0 Å². The number of halogens is 1. The Morgan fingerprint density at radius 3 is 2.40 bits per heavy atom. The minimum atomic E-state index is -0.832. The fraction of sp³-hybridized carbons (Fsp3) is 0.267. The number of rotatable bonds is 7. The second-order valence-corrected chi connectivity index (χ2v) is 10.9. The lowest BCUT2D eigenvalue weighted by atomic mass is 9.95. The van der Waals surface area contributed by atoms with Gasteiger partial charge in [-0.3, -0.25) is 9.59 Å². The summed E-state index contributed by atoms with van der Waals surface area (Å²) in [5.74, 6) is -1.91. The molecule has 0 atom stereocenters. The molecule has 0 aliphatic heterocycles. The summed E-state index contributed by atoms with van der Waals surface area (Å²) in [6.07, 6.45) is 3.55. The third-order valence-corrected chi connectivity index (χ3v) is 8.33. The third-order valence-electron chi connectivity index (χ3n) is 6.87. The van der Waals surface area contributed by atoms with Crippen LogP contribution in [0.25, 0.3) is 21.9 Å². The molecule has 2 aromatic carbocycles. The monoisotopic (exact) mass is 578 g/mol. The van der Waals surface area contributed by atoms with Crippen molar-refractivity contribution in [3.8, 4) is 11.1 Å². The highest BCUT2D eigenvalue weighted by atomic mass is 35.5. The molecule has 40 heavy (non-hydrogen) atoms. The van der Waals surface area contributed by atoms with E-state index in [2.05, 4.69) is 5.32 Å². The molecule has 1 N–H and O–H groups in total. The number of anilines is 1. The van der Waals surface area contributed by atoms with Crippen molar-refractivity contribution in [2.24, 2.45) is 7.05 Å². The van der Waals surface area contributed by atoms with Gasteiger partial charge in [-0.2, -0.15) is 0 Å². The summed E-state index contributed by atoms with van der Waals surface area (Å²) in [7, 11) is 1.49. The van der Waals surface area contributed by atoms with Crippen molar-refractivity contribution >= 4 is 56.6 Å². The van der Waals surface area contributed by atoms with Gasteiger partial charge < -0.3 is 19.4 Å². The van der Waals surface area contributed by atoms with Crippen LogP contribution in [0.15, 0.2) is 53.3 Å². The van der Waals surface area contributed by atoms with E-state index in [0.29, 0.717) is 37.5 Å². The van der Waals surface area contributed by atoms with Gasteiger partial charge in [-0.05, 0) is 67.3 Å². The lowest BCUT2D eigenvalue weighted by Crippen LogP contribution is -2.28. The molecule has 10 heteroatoms. The van der Waals surface area contributed by atoms with Crippen molar-refractivity contribution < 1.29 is 23.9 Å². The molecule has 206 valence electrons. The maximum absolute atomic E-state index is 13.4. The predicted molar refractivity (Wildman–Crippen MR) is 155 cm³/mol. The Balaban J connectivity index is 1.44. The molecule has 0 saturated carbocycles. The van der Waals surface area contributed by atoms with Gasteiger partial charge in [-0.1, -0.05) is 41.9 Å². The van der Waals surface area contributed by atoms with E-state index in [4.69, 9.17) is 21.1 Å². The smallest absolute Gasteiger partial charge is 0.356 e. The number of nitrogens with zero attached hydrogens (tertiary/aromatic N) is 1. The molecule has 1 amide bonds. The topological polar surface area (TPSA) is 104 Å². The average Bonchev–Trinajstić information content (AvgIpc) is 3.32. The van der Waals surface area contributed by atoms with Gasteiger partial charge in [0.05, 0.1) is 12.2 Å². The van der Waals surface area contributed by atoms with Crippen LogP contribution in [0.2, 0.25) is 5.02 Å². The molecule has 5 rings (SSSR count). The molecule has 2 aromatic heterocycles. The van der Waals surface area contributed by atoms with E-state index in [1.807, 2.05) is 0 Å². The van der Waals surface area contributed by atoms with Crippen molar-refractivity contribution in [2.45, 2.75) is 32.6 Å². The van der Waals surface area contributed by atoms with E-state index in [-0.39, 0.29) is 17.9 Å². The fourth-order valence-corrected chi connectivity index (χ4v) is 6.47. The number of amides is 1. The summed E-state index contributed by atoms with van der Waals surface area (Å²) in [5, 5.41) is 4.68. The summed E-state index contributed by atoms with van der Waals surface area (Å²) < 4.78 is 11.9. The molecular weight excluding hydrogens is 552 g/mol. The van der Waals surface area contributed by atoms with E-state index in [0.717, 1.165) is 36.1 Å². The quantitative estimate of drug-likeness (QED) is 0.279. The molecule has 0 spiro atoms. The van der Waals surface area contributed by atoms with Gasteiger partial charge >= 0.3 is 11.9 Å². The molecule has 0 radical (unpaired) electrons. The molecule has 4 aromatic rings. The van der Waals surface area contributed by atoms with E-state index in [1.54, 1.807) is 55.5 Å². The van der Waals surface area contributed by atoms with E-state index >= 15 is 0 Å². The number of carbonyl (C=O) groups is 3. The van der Waals surface area contributed by atoms with Crippen LogP contribution in [0.1, 0.15) is 51.1 Å². The number of esters is 2. The van der Waals surface area contributed by atoms with Crippen molar-refractivity contribution in [3.05, 3.63) is 85.6 Å². The molecule has 2 heterocycles. The van der Waals surface area contributed by atoms with Crippen LogP contribution in [-0.4, -0.2) is 35.6 Å². The summed E-state index contributed by atoms with van der Waals surface area (Å²) in [6.45, 7) is 1.34. The largest absolute Gasteiger partial charge is 0.462 e. The number of carbonyl (C=O) groups excluding carboxylic acids is 3. The zero-order chi connectivity index (χ0) is 28.4. The number of aromatic nitrogens is 1. The van der Waals surface area contributed by atoms with Gasteiger partial charge in [-0.15, -0.1) is 11.3 Å². The predicted octanol–water partition coefficient (Wildman–Crippen LogP) is 5.77. The van der Waals surface area contributed by atoms with Crippen LogP contribution < -0.4 is 10.9 Å². The van der Waals surface area contributed by atoms with Crippen LogP contribution in [0, 0.1) is 0 Å². The second kappa shape index (κ2) is 11.7. The maximum Gasteiger partial charge on any atom is 0.356 e. The Hall–Kier alpha value is -3.95. The van der Waals surface area contributed by atoms with Crippen LogP contribution >= 0.6 is 22.9 Å². The number of fused-ring (bicyclic) bond motifs is 2. The van der Waals surface area contributed by atoms with Gasteiger partial charge in [0.15, 0.2) is 6.61 Å². The first-order valence-corrected chi connectivity index (χ1v) is 14.2. The number of ether oxygens (including phenoxy) is 2. The lowest BCUT2D eigenvalue weighted by Gasteiger charge is -2.17. The van der Waals surface area contributed by atoms with E-state index in [1.165, 1.54) is 23.0 Å². The van der Waals surface area contributed by atoms with Crippen molar-refractivity contribution in [2.75, 3.05) is 18.5 Å². The standard InChI is InChI=1S/C30H27ClN2O6S/c1-3-38-29(36)25-21-10-6-7-11-22(21)40-27(25)32-23(34)16-39-30(37)26-24(17-12-14-18(31)15-13-17)19-8-4-5-9-20(19)28(35)33(26)2/h4-5,8-9,12-15H,3,6-7,10-11,16H2,1-2H3,(H,32,34). The zero-order valence-electron chi connectivity index (χ0n) is 22.0. The maximum atomic E-state index is 13.4. The minimum Gasteiger partial charge on any atom is -0.462 e. The summed E-state index contributed by atoms with van der Waals surface area (Å²) >= 11 is 7.44. The SMILES string of the molecule is CCOC(=O)c1c(NC(=O)COC(=O)c2c(-c3ccc(Cl)cc3)c3ccccc3c(=O)n2C)sc2c1CCCC2. The first-order chi connectivity index (χ1) is 19.3. The van der Waals surface area contributed by atoms with Gasteiger partial charge in [0.25, 0.3) is 11.5 Å². The molecule has 8 nitrogen and oxygen atoms in total. The molecule has 1 aliphatic carbocycles. The highest BCUT2D eigenvalue weighted by molar-refractivity contribution is 7.17. The minimum absolute atomic E-state index is 0.0117. The number of hydrogen-bond donors (Lipinski definition) is 1. The third kappa shape index (κ3) is 5.26. The van der Waals surface area contributed by atoms with Crippen LogP contribution in [0.4, 0.5) is 5.00 Å². The van der Waals surface area contributed by atoms with Gasteiger partial charge in [0.2, 0.25) is 0 Å². The van der Waals surface area contributed by atoms with Crippen molar-refractivity contribution in [3.63, 3.8) is 0 Å². The number of benzene rings is 2. The summed E-state index contributed by atoms with van der Waals surface area (Å²) in [6, 6.07) is 13.9. The van der Waals surface area contributed by atoms with E-state index < -0.39 is 24.5 Å². The summed E-state index contributed by atoms with van der Waals surface area (Å²) in [5.41, 5.74) is 2.10. The molecule has 0 saturated heterocycles. The van der Waals surface area contributed by atoms with Gasteiger partial charge in [0.1, 0.15) is 10.7 Å². The van der Waals surface area contributed by atoms with Crippen molar-refractivity contribution in [1.82, 2.24) is 4.57 Å². The van der Waals surface area contributed by atoms with Crippen molar-refractivity contribution in [1.29, 1.82) is 0 Å². The Morgan fingerprint density at radius 2 is 1.68 bits per heavy atom.